The molecule has 1 saturated carbocycles. The maximum Gasteiger partial charge on any atom is 0.256 e. The number of amides is 1. The van der Waals surface area contributed by atoms with E-state index < -0.39 is 17.2 Å². The summed E-state index contributed by atoms with van der Waals surface area (Å²) in [5, 5.41) is 0. The molecule has 4 nitrogen and oxygen atoms in total. The molecule has 1 saturated heterocycles. The van der Waals surface area contributed by atoms with Crippen molar-refractivity contribution in [2.45, 2.75) is 52.4 Å². The van der Waals surface area contributed by atoms with Gasteiger partial charge < -0.3 is 4.90 Å². The van der Waals surface area contributed by atoms with Gasteiger partial charge >= 0.3 is 0 Å². The lowest BCUT2D eigenvalue weighted by atomic mass is 9.62. The van der Waals surface area contributed by atoms with E-state index in [1.54, 1.807) is 24.0 Å². The molecule has 0 bridgehead atoms. The van der Waals surface area contributed by atoms with Crippen LogP contribution in [0.3, 0.4) is 0 Å². The smallest absolute Gasteiger partial charge is 0.256 e. The number of carbonyl (C=O) groups is 3. The minimum absolute atomic E-state index is 0.0411. The molecule has 1 aliphatic carbocycles. The minimum Gasteiger partial charge on any atom is -0.339 e. The standard InChI is InChI=1S/C28H28FNO3/c1-4-7-20-14-18(2)25(19(3)15-20)26-23(31)16-28(17-24(26)32)10-12-30(13-11-28)27(33)21-8-5-6-9-22(21)29/h5-6,8-9,14-15,26H,10-13,16-17H2,1-3H3. The number of piperidine rings is 1. The summed E-state index contributed by atoms with van der Waals surface area (Å²) in [7, 11) is 0. The van der Waals surface area contributed by atoms with Gasteiger partial charge in [0.25, 0.3) is 5.91 Å². The molecule has 2 aromatic carbocycles. The fourth-order valence-electron chi connectivity index (χ4n) is 5.50. The van der Waals surface area contributed by atoms with Gasteiger partial charge in [0.05, 0.1) is 5.56 Å². The van der Waals surface area contributed by atoms with Crippen LogP contribution in [0.5, 0.6) is 0 Å². The third-order valence-corrected chi connectivity index (χ3v) is 7.11. The van der Waals surface area contributed by atoms with Crippen LogP contribution >= 0.6 is 0 Å². The van der Waals surface area contributed by atoms with Crippen molar-refractivity contribution in [1.82, 2.24) is 4.90 Å². The Morgan fingerprint density at radius 1 is 1.03 bits per heavy atom. The normalized spacial score (nSPS) is 18.2. The number of hydrogen-bond acceptors (Lipinski definition) is 3. The molecule has 1 amide bonds. The predicted molar refractivity (Wildman–Crippen MR) is 124 cm³/mol. The number of benzene rings is 2. The topological polar surface area (TPSA) is 54.5 Å². The lowest BCUT2D eigenvalue weighted by molar-refractivity contribution is -0.138. The van der Waals surface area contributed by atoms with Gasteiger partial charge in [0.2, 0.25) is 0 Å². The minimum atomic E-state index is -0.725. The molecule has 0 N–H and O–H groups in total. The van der Waals surface area contributed by atoms with Gasteiger partial charge in [0.15, 0.2) is 0 Å². The van der Waals surface area contributed by atoms with Gasteiger partial charge in [-0.2, -0.15) is 0 Å². The Labute approximate surface area is 194 Å². The highest BCUT2D eigenvalue weighted by Crippen LogP contribution is 2.46. The van der Waals surface area contributed by atoms with Gasteiger partial charge in [0, 0.05) is 31.5 Å². The largest absolute Gasteiger partial charge is 0.339 e. The van der Waals surface area contributed by atoms with Crippen LogP contribution in [0, 0.1) is 36.9 Å². The Kier molecular flexibility index (Phi) is 6.21. The van der Waals surface area contributed by atoms with Crippen LogP contribution in [-0.2, 0) is 9.59 Å². The summed E-state index contributed by atoms with van der Waals surface area (Å²) in [6.45, 7) is 6.48. The number of ketones is 2. The highest BCUT2D eigenvalue weighted by atomic mass is 19.1. The predicted octanol–water partition coefficient (Wildman–Crippen LogP) is 4.75. The maximum absolute atomic E-state index is 14.0. The summed E-state index contributed by atoms with van der Waals surface area (Å²) in [5.41, 5.74) is 3.18. The van der Waals surface area contributed by atoms with E-state index in [9.17, 15) is 18.8 Å². The Morgan fingerprint density at radius 3 is 2.15 bits per heavy atom. The molecule has 0 aromatic heterocycles. The number of Topliss-reactive ketones (excluding diaryl/α,β-unsaturated/α-hetero) is 2. The molecular weight excluding hydrogens is 417 g/mol. The number of carbonyl (C=O) groups excluding carboxylic acids is 3. The zero-order valence-corrected chi connectivity index (χ0v) is 19.3. The van der Waals surface area contributed by atoms with Crippen molar-refractivity contribution >= 4 is 17.5 Å². The maximum atomic E-state index is 14.0. The van der Waals surface area contributed by atoms with Crippen molar-refractivity contribution in [1.29, 1.82) is 0 Å². The van der Waals surface area contributed by atoms with Crippen molar-refractivity contribution < 1.29 is 18.8 Å². The Balaban J connectivity index is 1.50. The van der Waals surface area contributed by atoms with Gasteiger partial charge in [-0.3, -0.25) is 14.4 Å². The van der Waals surface area contributed by atoms with Crippen molar-refractivity contribution in [3.8, 4) is 11.8 Å². The summed E-state index contributed by atoms with van der Waals surface area (Å²) in [6.07, 6.45) is 1.81. The first-order valence-electron chi connectivity index (χ1n) is 11.4. The van der Waals surface area contributed by atoms with E-state index >= 15 is 0 Å². The number of likely N-dealkylation sites (tertiary alicyclic amines) is 1. The molecule has 5 heteroatoms. The van der Waals surface area contributed by atoms with Gasteiger partial charge in [-0.1, -0.05) is 18.1 Å². The lowest BCUT2D eigenvalue weighted by Gasteiger charge is -2.44. The van der Waals surface area contributed by atoms with E-state index in [1.165, 1.54) is 12.1 Å². The van der Waals surface area contributed by atoms with E-state index in [4.69, 9.17) is 0 Å². The zero-order chi connectivity index (χ0) is 23.8. The summed E-state index contributed by atoms with van der Waals surface area (Å²) in [4.78, 5) is 41.0. The Bertz CT molecular complexity index is 1150. The molecule has 4 rings (SSSR count). The van der Waals surface area contributed by atoms with Crippen LogP contribution in [0.1, 0.15) is 71.1 Å². The molecule has 170 valence electrons. The van der Waals surface area contributed by atoms with Crippen molar-refractivity contribution in [2.24, 2.45) is 5.41 Å². The second-order valence-electron chi connectivity index (χ2n) is 9.39. The van der Waals surface area contributed by atoms with E-state index in [1.807, 2.05) is 26.0 Å². The number of rotatable bonds is 2. The summed E-state index contributed by atoms with van der Waals surface area (Å²) < 4.78 is 14.0. The molecule has 0 atom stereocenters. The SMILES string of the molecule is CC#Cc1cc(C)c(C2C(=O)CC3(CCN(C(=O)c4ccccc4F)CC3)CC2=O)c(C)c1. The van der Waals surface area contributed by atoms with Crippen molar-refractivity contribution in [2.75, 3.05) is 13.1 Å². The molecule has 33 heavy (non-hydrogen) atoms. The number of halogens is 1. The molecule has 2 fully saturated rings. The molecule has 1 spiro atoms. The quantitative estimate of drug-likeness (QED) is 0.495. The first kappa shape index (κ1) is 22.9. The molecular formula is C28H28FNO3. The highest BCUT2D eigenvalue weighted by molar-refractivity contribution is 6.10. The van der Waals surface area contributed by atoms with Crippen molar-refractivity contribution in [3.63, 3.8) is 0 Å². The second-order valence-corrected chi connectivity index (χ2v) is 9.39. The lowest BCUT2D eigenvalue weighted by Crippen LogP contribution is -2.48. The fraction of sp³-hybridized carbons (Fsp3) is 0.393. The van der Waals surface area contributed by atoms with Crippen LogP contribution < -0.4 is 0 Å². The third-order valence-electron chi connectivity index (χ3n) is 7.11. The first-order chi connectivity index (χ1) is 15.7. The van der Waals surface area contributed by atoms with Crippen molar-refractivity contribution in [3.05, 3.63) is 70.0 Å². The highest BCUT2D eigenvalue weighted by Gasteiger charge is 2.48. The molecule has 2 aliphatic rings. The van der Waals surface area contributed by atoms with Crippen LogP contribution in [0.15, 0.2) is 36.4 Å². The average Bonchev–Trinajstić information content (AvgIpc) is 2.76. The Hall–Kier alpha value is -3.26. The average molecular weight is 446 g/mol. The van der Waals surface area contributed by atoms with Crippen LogP contribution in [0.25, 0.3) is 0 Å². The summed E-state index contributed by atoms with van der Waals surface area (Å²) in [6, 6.07) is 9.85. The van der Waals surface area contributed by atoms with E-state index in [0.717, 1.165) is 22.3 Å². The monoisotopic (exact) mass is 445 g/mol. The molecule has 0 unspecified atom stereocenters. The van der Waals surface area contributed by atoms with Crippen LogP contribution in [-0.4, -0.2) is 35.5 Å². The fourth-order valence-corrected chi connectivity index (χ4v) is 5.50. The van der Waals surface area contributed by atoms with E-state index in [0.29, 0.717) is 38.8 Å². The van der Waals surface area contributed by atoms with Gasteiger partial charge in [-0.15, -0.1) is 5.92 Å². The van der Waals surface area contributed by atoms with E-state index in [-0.39, 0.29) is 23.0 Å². The Morgan fingerprint density at radius 2 is 1.61 bits per heavy atom. The summed E-state index contributed by atoms with van der Waals surface area (Å²) >= 11 is 0. The first-order valence-corrected chi connectivity index (χ1v) is 11.4. The zero-order valence-electron chi connectivity index (χ0n) is 19.3. The number of nitrogens with zero attached hydrogens (tertiary/aromatic N) is 1. The number of hydrogen-bond donors (Lipinski definition) is 0. The molecule has 1 heterocycles. The molecule has 0 radical (unpaired) electrons. The van der Waals surface area contributed by atoms with Crippen LogP contribution in [0.2, 0.25) is 0 Å². The molecule has 2 aromatic rings. The van der Waals surface area contributed by atoms with E-state index in [2.05, 4.69) is 11.8 Å². The van der Waals surface area contributed by atoms with Gasteiger partial charge in [0.1, 0.15) is 23.3 Å². The molecule has 1 aliphatic heterocycles. The summed E-state index contributed by atoms with van der Waals surface area (Å²) in [5.74, 6) is 4.25. The van der Waals surface area contributed by atoms with Gasteiger partial charge in [-0.05, 0) is 80.0 Å². The number of aryl methyl sites for hydroxylation is 2. The van der Waals surface area contributed by atoms with Gasteiger partial charge in [-0.25, -0.2) is 4.39 Å². The van der Waals surface area contributed by atoms with Crippen LogP contribution in [0.4, 0.5) is 4.39 Å². The second kappa shape index (κ2) is 8.94. The third kappa shape index (κ3) is 4.35.